The Kier molecular flexibility index (Phi) is 5.48. The van der Waals surface area contributed by atoms with Crippen LogP contribution in [0.4, 0.5) is 0 Å². The van der Waals surface area contributed by atoms with Crippen molar-refractivity contribution in [2.45, 2.75) is 64.7 Å². The minimum atomic E-state index is -1.49. The molecule has 0 fully saturated rings. The molecule has 1 nitrogen and oxygen atoms in total. The van der Waals surface area contributed by atoms with Crippen molar-refractivity contribution in [3.8, 4) is 0 Å². The van der Waals surface area contributed by atoms with E-state index in [0.717, 1.165) is 16.6 Å². The van der Waals surface area contributed by atoms with Crippen molar-refractivity contribution >= 4 is 18.1 Å². The standard InChI is InChI=1S/C10H25OSi2/c1-8(2)13(9(3)4,10(5)6)11-12-7/h8-10,12H,1-7H3. The molecular formula is C10H25OSi2. The van der Waals surface area contributed by atoms with Crippen LogP contribution in [0.25, 0.3) is 0 Å². The molecule has 0 amide bonds. The Morgan fingerprint density at radius 3 is 1.23 bits per heavy atom. The van der Waals surface area contributed by atoms with Gasteiger partial charge in [0.05, 0.1) is 0 Å². The first-order valence-corrected chi connectivity index (χ1v) is 9.11. The zero-order valence-corrected chi connectivity index (χ0v) is 12.4. The van der Waals surface area contributed by atoms with Gasteiger partial charge in [0, 0.05) is 0 Å². The summed E-state index contributed by atoms with van der Waals surface area (Å²) < 4.78 is 6.24. The molecule has 0 aromatic heterocycles. The van der Waals surface area contributed by atoms with Crippen molar-refractivity contribution < 1.29 is 4.12 Å². The summed E-state index contributed by atoms with van der Waals surface area (Å²) in [5.41, 5.74) is 2.21. The van der Waals surface area contributed by atoms with Gasteiger partial charge in [-0.1, -0.05) is 41.5 Å². The van der Waals surface area contributed by atoms with Gasteiger partial charge in [-0.25, -0.2) is 0 Å². The van der Waals surface area contributed by atoms with E-state index in [-0.39, 0.29) is 9.76 Å². The summed E-state index contributed by atoms with van der Waals surface area (Å²) in [7, 11) is -1.29. The lowest BCUT2D eigenvalue weighted by atomic mass is 10.5. The van der Waals surface area contributed by atoms with Crippen LogP contribution in [0.15, 0.2) is 0 Å². The van der Waals surface area contributed by atoms with Crippen molar-refractivity contribution in [1.29, 1.82) is 0 Å². The molecule has 0 heterocycles. The van der Waals surface area contributed by atoms with Gasteiger partial charge in [0.2, 0.25) is 0 Å². The van der Waals surface area contributed by atoms with Crippen molar-refractivity contribution in [3.63, 3.8) is 0 Å². The van der Waals surface area contributed by atoms with Gasteiger partial charge in [-0.3, -0.25) is 0 Å². The second-order valence-corrected chi connectivity index (χ2v) is 11.3. The van der Waals surface area contributed by atoms with Crippen LogP contribution in [0.5, 0.6) is 0 Å². The summed E-state index contributed by atoms with van der Waals surface area (Å²) in [6, 6.07) is 0. The fraction of sp³-hybridized carbons (Fsp3) is 1.00. The first kappa shape index (κ1) is 13.4. The van der Waals surface area contributed by atoms with E-state index in [0.29, 0.717) is 0 Å². The van der Waals surface area contributed by atoms with E-state index in [2.05, 4.69) is 48.1 Å². The van der Waals surface area contributed by atoms with Crippen LogP contribution in [0.1, 0.15) is 41.5 Å². The summed E-state index contributed by atoms with van der Waals surface area (Å²) in [4.78, 5) is 0. The number of hydrogen-bond donors (Lipinski definition) is 0. The van der Waals surface area contributed by atoms with E-state index in [9.17, 15) is 0 Å². The van der Waals surface area contributed by atoms with E-state index >= 15 is 0 Å². The molecule has 0 atom stereocenters. The predicted octanol–water partition coefficient (Wildman–Crippen LogP) is 3.58. The Hall–Kier alpha value is 0.394. The maximum atomic E-state index is 6.24. The topological polar surface area (TPSA) is 9.23 Å². The lowest BCUT2D eigenvalue weighted by Crippen LogP contribution is -2.48. The minimum absolute atomic E-state index is 0.196. The number of rotatable bonds is 5. The van der Waals surface area contributed by atoms with Crippen molar-refractivity contribution in [3.05, 3.63) is 0 Å². The van der Waals surface area contributed by atoms with Crippen LogP contribution >= 0.6 is 0 Å². The molecule has 0 saturated heterocycles. The smallest absolute Gasteiger partial charge is 0.187 e. The van der Waals surface area contributed by atoms with E-state index in [1.165, 1.54) is 0 Å². The van der Waals surface area contributed by atoms with E-state index < -0.39 is 8.32 Å². The molecule has 0 N–H and O–H groups in total. The highest BCUT2D eigenvalue weighted by molar-refractivity contribution is 6.80. The van der Waals surface area contributed by atoms with E-state index in [1.807, 2.05) is 0 Å². The molecule has 0 aliphatic carbocycles. The highest BCUT2D eigenvalue weighted by atomic mass is 28.4. The molecule has 0 aliphatic rings. The molecule has 0 rings (SSSR count). The Balaban J connectivity index is 4.82. The van der Waals surface area contributed by atoms with Gasteiger partial charge in [0.25, 0.3) is 0 Å². The molecule has 0 unspecified atom stereocenters. The average Bonchev–Trinajstić information content (AvgIpc) is 1.97. The van der Waals surface area contributed by atoms with Crippen LogP contribution in [-0.4, -0.2) is 18.1 Å². The summed E-state index contributed by atoms with van der Waals surface area (Å²) in [6.07, 6.45) is 0. The monoisotopic (exact) mass is 217 g/mol. The van der Waals surface area contributed by atoms with Crippen molar-refractivity contribution in [1.82, 2.24) is 0 Å². The van der Waals surface area contributed by atoms with Crippen LogP contribution in [0, 0.1) is 0 Å². The van der Waals surface area contributed by atoms with E-state index in [1.54, 1.807) is 0 Å². The third-order valence-electron chi connectivity index (χ3n) is 3.03. The summed E-state index contributed by atoms with van der Waals surface area (Å²) in [6.45, 7) is 16.2. The van der Waals surface area contributed by atoms with Gasteiger partial charge in [0.1, 0.15) is 0 Å². The summed E-state index contributed by atoms with van der Waals surface area (Å²) >= 11 is 0. The largest absolute Gasteiger partial charge is 0.457 e. The van der Waals surface area contributed by atoms with E-state index in [4.69, 9.17) is 4.12 Å². The maximum absolute atomic E-state index is 6.24. The third kappa shape index (κ3) is 2.67. The highest BCUT2D eigenvalue weighted by Crippen LogP contribution is 2.41. The normalized spacial score (nSPS) is 13.4. The SMILES string of the molecule is C[SiH]O[Si](C(C)C)(C(C)C)C(C)C. The molecule has 3 heteroatoms. The highest BCUT2D eigenvalue weighted by Gasteiger charge is 2.43. The van der Waals surface area contributed by atoms with Gasteiger partial charge in [-0.2, -0.15) is 0 Å². The summed E-state index contributed by atoms with van der Waals surface area (Å²) in [5.74, 6) is 0. The second kappa shape index (κ2) is 5.32. The zero-order valence-electron chi connectivity index (χ0n) is 10.2. The Morgan fingerprint density at radius 1 is 0.846 bits per heavy atom. The fourth-order valence-corrected chi connectivity index (χ4v) is 11.5. The van der Waals surface area contributed by atoms with Gasteiger partial charge >= 0.3 is 0 Å². The maximum Gasteiger partial charge on any atom is 0.187 e. The quantitative estimate of drug-likeness (QED) is 0.640. The number of hydrogen-bond acceptors (Lipinski definition) is 1. The third-order valence-corrected chi connectivity index (χ3v) is 11.0. The lowest BCUT2D eigenvalue weighted by Gasteiger charge is -2.42. The van der Waals surface area contributed by atoms with Gasteiger partial charge in [-0.15, -0.1) is 0 Å². The van der Waals surface area contributed by atoms with Gasteiger partial charge in [0.15, 0.2) is 18.1 Å². The Morgan fingerprint density at radius 2 is 1.15 bits per heavy atom. The molecule has 0 aromatic carbocycles. The first-order chi connectivity index (χ1) is 5.89. The van der Waals surface area contributed by atoms with Gasteiger partial charge in [-0.05, 0) is 23.2 Å². The molecule has 13 heavy (non-hydrogen) atoms. The summed E-state index contributed by atoms with van der Waals surface area (Å²) in [5, 5.41) is 0. The molecule has 0 aliphatic heterocycles. The van der Waals surface area contributed by atoms with Crippen LogP contribution in [0.2, 0.25) is 23.2 Å². The predicted molar refractivity (Wildman–Crippen MR) is 65.1 cm³/mol. The van der Waals surface area contributed by atoms with Crippen molar-refractivity contribution in [2.24, 2.45) is 0 Å². The lowest BCUT2D eigenvalue weighted by molar-refractivity contribution is 0.508. The Labute approximate surface area is 87.3 Å². The van der Waals surface area contributed by atoms with Crippen LogP contribution in [0.3, 0.4) is 0 Å². The average molecular weight is 217 g/mol. The first-order valence-electron chi connectivity index (χ1n) is 5.35. The second-order valence-electron chi connectivity index (χ2n) is 4.67. The van der Waals surface area contributed by atoms with Crippen molar-refractivity contribution in [2.75, 3.05) is 0 Å². The molecule has 0 saturated carbocycles. The Bertz CT molecular complexity index is 122. The molecule has 79 valence electrons. The van der Waals surface area contributed by atoms with Crippen LogP contribution in [-0.2, 0) is 4.12 Å². The van der Waals surface area contributed by atoms with Gasteiger partial charge < -0.3 is 4.12 Å². The molecule has 0 bridgehead atoms. The molecule has 0 aromatic rings. The van der Waals surface area contributed by atoms with Crippen LogP contribution < -0.4 is 0 Å². The minimum Gasteiger partial charge on any atom is -0.457 e. The fourth-order valence-electron chi connectivity index (χ4n) is 2.61. The molecule has 0 spiro atoms. The molecular weight excluding hydrogens is 192 g/mol. The zero-order chi connectivity index (χ0) is 10.6. The molecule has 1 radical (unpaired) electrons.